The number of hydrogen-bond donors (Lipinski definition) is 1. The zero-order chi connectivity index (χ0) is 9.41. The average Bonchev–Trinajstić information content (AvgIpc) is 1.80. The Morgan fingerprint density at radius 2 is 1.58 bits per heavy atom. The van der Waals surface area contributed by atoms with Crippen LogP contribution in [0.1, 0.15) is 0 Å². The molecule has 2 nitrogen and oxygen atoms in total. The molecular formula is C8H21NOSi2. The predicted octanol–water partition coefficient (Wildman–Crippen LogP) is 2.00. The van der Waals surface area contributed by atoms with Gasteiger partial charge in [0, 0.05) is 0 Å². The van der Waals surface area contributed by atoms with E-state index in [1.54, 1.807) is 0 Å². The molecule has 4 heteroatoms. The van der Waals surface area contributed by atoms with Gasteiger partial charge in [0.15, 0.2) is 16.6 Å². The van der Waals surface area contributed by atoms with E-state index in [2.05, 4.69) is 26.2 Å². The van der Waals surface area contributed by atoms with Gasteiger partial charge in [-0.3, -0.25) is 0 Å². The topological polar surface area (TPSA) is 35.2 Å². The SMILES string of the molecule is C[Si]1(C)CC(CN)C[Si](C)(C)O1. The Balaban J connectivity index is 2.66. The summed E-state index contributed by atoms with van der Waals surface area (Å²) in [7, 11) is -2.66. The van der Waals surface area contributed by atoms with E-state index < -0.39 is 16.6 Å². The highest BCUT2D eigenvalue weighted by Crippen LogP contribution is 2.34. The Morgan fingerprint density at radius 3 is 1.92 bits per heavy atom. The summed E-state index contributed by atoms with van der Waals surface area (Å²) in [6, 6.07) is 2.53. The van der Waals surface area contributed by atoms with Gasteiger partial charge in [-0.25, -0.2) is 0 Å². The minimum absolute atomic E-state index is 0.752. The lowest BCUT2D eigenvalue weighted by atomic mass is 10.2. The summed E-state index contributed by atoms with van der Waals surface area (Å²) in [6.07, 6.45) is 0. The fourth-order valence-corrected chi connectivity index (χ4v) is 12.8. The maximum absolute atomic E-state index is 6.22. The minimum atomic E-state index is -1.33. The molecule has 0 spiro atoms. The molecule has 1 saturated heterocycles. The molecule has 0 radical (unpaired) electrons. The van der Waals surface area contributed by atoms with Gasteiger partial charge in [0.25, 0.3) is 0 Å². The molecule has 12 heavy (non-hydrogen) atoms. The first kappa shape index (κ1) is 10.4. The maximum Gasteiger partial charge on any atom is 0.173 e. The Kier molecular flexibility index (Phi) is 2.83. The zero-order valence-corrected chi connectivity index (χ0v) is 10.7. The molecule has 0 bridgehead atoms. The fraction of sp³-hybridized carbons (Fsp3) is 1.00. The summed E-state index contributed by atoms with van der Waals surface area (Å²) in [4.78, 5) is 0. The summed E-state index contributed by atoms with van der Waals surface area (Å²) in [5.41, 5.74) is 5.73. The van der Waals surface area contributed by atoms with Crippen LogP contribution < -0.4 is 5.73 Å². The molecule has 0 aromatic heterocycles. The lowest BCUT2D eigenvalue weighted by Crippen LogP contribution is -2.52. The minimum Gasteiger partial charge on any atom is -0.455 e. The summed E-state index contributed by atoms with van der Waals surface area (Å²) < 4.78 is 6.22. The van der Waals surface area contributed by atoms with E-state index in [4.69, 9.17) is 9.85 Å². The second-order valence-electron chi connectivity index (χ2n) is 5.13. The molecule has 0 unspecified atom stereocenters. The van der Waals surface area contributed by atoms with E-state index in [1.165, 1.54) is 12.1 Å². The van der Waals surface area contributed by atoms with Crippen LogP contribution in [0.2, 0.25) is 38.3 Å². The molecule has 0 amide bonds. The van der Waals surface area contributed by atoms with Crippen molar-refractivity contribution in [3.8, 4) is 0 Å². The molecule has 72 valence electrons. The fourth-order valence-electron chi connectivity index (χ4n) is 2.46. The summed E-state index contributed by atoms with van der Waals surface area (Å²) in [5.74, 6) is 0.752. The Hall–Kier alpha value is 0.354. The molecule has 1 aliphatic heterocycles. The highest BCUT2D eigenvalue weighted by molar-refractivity contribution is 6.86. The molecule has 0 aromatic carbocycles. The van der Waals surface area contributed by atoms with Crippen LogP contribution in [-0.4, -0.2) is 23.2 Å². The van der Waals surface area contributed by atoms with Crippen molar-refractivity contribution in [1.29, 1.82) is 0 Å². The molecular weight excluding hydrogens is 182 g/mol. The van der Waals surface area contributed by atoms with Gasteiger partial charge >= 0.3 is 0 Å². The first-order valence-corrected chi connectivity index (χ1v) is 11.0. The number of hydrogen-bond acceptors (Lipinski definition) is 2. The lowest BCUT2D eigenvalue weighted by molar-refractivity contribution is 0.457. The van der Waals surface area contributed by atoms with E-state index in [9.17, 15) is 0 Å². The lowest BCUT2D eigenvalue weighted by Gasteiger charge is -2.43. The molecule has 1 fully saturated rings. The van der Waals surface area contributed by atoms with Gasteiger partial charge in [-0.2, -0.15) is 0 Å². The van der Waals surface area contributed by atoms with Crippen molar-refractivity contribution < 1.29 is 4.12 Å². The highest BCUT2D eigenvalue weighted by atomic mass is 28.4. The van der Waals surface area contributed by atoms with Crippen LogP contribution in [0.3, 0.4) is 0 Å². The Labute approximate surface area is 77.8 Å². The normalized spacial score (nSPS) is 28.8. The first-order chi connectivity index (χ1) is 5.35. The van der Waals surface area contributed by atoms with Gasteiger partial charge in [0.2, 0.25) is 0 Å². The quantitative estimate of drug-likeness (QED) is 0.662. The van der Waals surface area contributed by atoms with E-state index in [0.717, 1.165) is 12.5 Å². The molecule has 1 rings (SSSR count). The summed E-state index contributed by atoms with van der Waals surface area (Å²) in [6.45, 7) is 10.1. The third-order valence-electron chi connectivity index (χ3n) is 2.45. The molecule has 0 aromatic rings. The van der Waals surface area contributed by atoms with Gasteiger partial charge < -0.3 is 9.85 Å². The highest BCUT2D eigenvalue weighted by Gasteiger charge is 2.41. The Bertz CT molecular complexity index is 154. The van der Waals surface area contributed by atoms with Crippen LogP contribution in [-0.2, 0) is 4.12 Å². The summed E-state index contributed by atoms with van der Waals surface area (Å²) >= 11 is 0. The van der Waals surface area contributed by atoms with Crippen LogP contribution in [0, 0.1) is 5.92 Å². The largest absolute Gasteiger partial charge is 0.455 e. The molecule has 0 atom stereocenters. The van der Waals surface area contributed by atoms with E-state index >= 15 is 0 Å². The van der Waals surface area contributed by atoms with Gasteiger partial charge in [0.05, 0.1) is 0 Å². The Morgan fingerprint density at radius 1 is 1.17 bits per heavy atom. The van der Waals surface area contributed by atoms with E-state index in [-0.39, 0.29) is 0 Å². The predicted molar refractivity (Wildman–Crippen MR) is 58.2 cm³/mol. The van der Waals surface area contributed by atoms with Crippen molar-refractivity contribution in [3.63, 3.8) is 0 Å². The van der Waals surface area contributed by atoms with Gasteiger partial charge in [-0.15, -0.1) is 0 Å². The molecule has 1 heterocycles. The second-order valence-corrected chi connectivity index (χ2v) is 13.8. The van der Waals surface area contributed by atoms with Gasteiger partial charge in [-0.1, -0.05) is 0 Å². The average molecular weight is 203 g/mol. The van der Waals surface area contributed by atoms with E-state index in [0.29, 0.717) is 0 Å². The molecule has 2 N–H and O–H groups in total. The zero-order valence-electron chi connectivity index (χ0n) is 8.68. The van der Waals surface area contributed by atoms with Crippen molar-refractivity contribution in [2.24, 2.45) is 11.7 Å². The van der Waals surface area contributed by atoms with Crippen LogP contribution in [0.4, 0.5) is 0 Å². The van der Waals surface area contributed by atoms with Gasteiger partial charge in [0.1, 0.15) is 0 Å². The van der Waals surface area contributed by atoms with Crippen LogP contribution >= 0.6 is 0 Å². The number of rotatable bonds is 1. The van der Waals surface area contributed by atoms with Crippen molar-refractivity contribution >= 4 is 16.6 Å². The van der Waals surface area contributed by atoms with Crippen molar-refractivity contribution in [3.05, 3.63) is 0 Å². The molecule has 0 aliphatic carbocycles. The second kappa shape index (κ2) is 3.25. The van der Waals surface area contributed by atoms with Crippen LogP contribution in [0.15, 0.2) is 0 Å². The van der Waals surface area contributed by atoms with Gasteiger partial charge in [-0.05, 0) is 50.7 Å². The smallest absolute Gasteiger partial charge is 0.173 e. The van der Waals surface area contributed by atoms with Crippen LogP contribution in [0.5, 0.6) is 0 Å². The standard InChI is InChI=1S/C8H21NOSi2/c1-11(2)6-8(5-9)7-12(3,4)10-11/h8H,5-7,9H2,1-4H3. The van der Waals surface area contributed by atoms with E-state index in [1.807, 2.05) is 0 Å². The monoisotopic (exact) mass is 203 g/mol. The van der Waals surface area contributed by atoms with Crippen molar-refractivity contribution in [1.82, 2.24) is 0 Å². The third-order valence-corrected chi connectivity index (χ3v) is 9.99. The molecule has 0 saturated carbocycles. The summed E-state index contributed by atoms with van der Waals surface area (Å²) in [5, 5.41) is 0. The first-order valence-electron chi connectivity index (χ1n) is 4.75. The van der Waals surface area contributed by atoms with Crippen molar-refractivity contribution in [2.75, 3.05) is 6.54 Å². The third kappa shape index (κ3) is 2.69. The van der Waals surface area contributed by atoms with Crippen molar-refractivity contribution in [2.45, 2.75) is 38.3 Å². The maximum atomic E-state index is 6.22. The van der Waals surface area contributed by atoms with Crippen LogP contribution in [0.25, 0.3) is 0 Å². The molecule has 1 aliphatic rings. The number of nitrogens with two attached hydrogens (primary N) is 1.